The first-order chi connectivity index (χ1) is 5.83. The Bertz CT molecular complexity index is 118. The van der Waals surface area contributed by atoms with Crippen LogP contribution < -0.4 is 5.32 Å². The van der Waals surface area contributed by atoms with Crippen molar-refractivity contribution in [3.63, 3.8) is 0 Å². The number of thioether (sulfide) groups is 1. The van der Waals surface area contributed by atoms with Gasteiger partial charge in [0.25, 0.3) is 0 Å². The largest absolute Gasteiger partial charge is 0.394 e. The predicted octanol–water partition coefficient (Wildman–Crippen LogP) is -0.318. The molecule has 0 aromatic carbocycles. The van der Waals surface area contributed by atoms with Crippen LogP contribution in [-0.4, -0.2) is 47.5 Å². The van der Waals surface area contributed by atoms with Crippen molar-refractivity contribution in [3.05, 3.63) is 0 Å². The molecular weight excluding hydrogens is 174 g/mol. The molecule has 3 nitrogen and oxygen atoms in total. The third kappa shape index (κ3) is 3.76. The number of hydrogen-bond donors (Lipinski definition) is 3. The first-order valence-electron chi connectivity index (χ1n) is 4.40. The molecule has 2 atom stereocenters. The lowest BCUT2D eigenvalue weighted by Gasteiger charge is -2.12. The van der Waals surface area contributed by atoms with Gasteiger partial charge in [-0.05, 0) is 30.4 Å². The van der Waals surface area contributed by atoms with Crippen molar-refractivity contribution >= 4 is 11.8 Å². The van der Waals surface area contributed by atoms with Gasteiger partial charge in [0.2, 0.25) is 0 Å². The molecular formula is C8H17NO2S. The maximum Gasteiger partial charge on any atom is 0.0894 e. The van der Waals surface area contributed by atoms with Crippen molar-refractivity contribution in [1.82, 2.24) is 5.32 Å². The van der Waals surface area contributed by atoms with E-state index in [1.165, 1.54) is 17.9 Å². The Hall–Kier alpha value is 0.230. The normalized spacial score (nSPS) is 26.0. The molecule has 4 heteroatoms. The molecule has 1 aliphatic heterocycles. The highest BCUT2D eigenvalue weighted by atomic mass is 32.2. The van der Waals surface area contributed by atoms with E-state index in [2.05, 4.69) is 5.32 Å². The van der Waals surface area contributed by atoms with Crippen LogP contribution in [-0.2, 0) is 0 Å². The van der Waals surface area contributed by atoms with Crippen molar-refractivity contribution in [2.24, 2.45) is 5.92 Å². The van der Waals surface area contributed by atoms with Crippen LogP contribution >= 0.6 is 11.8 Å². The monoisotopic (exact) mass is 191 g/mol. The van der Waals surface area contributed by atoms with E-state index in [4.69, 9.17) is 10.2 Å². The van der Waals surface area contributed by atoms with Gasteiger partial charge in [-0.15, -0.1) is 0 Å². The molecule has 0 aliphatic carbocycles. The quantitative estimate of drug-likeness (QED) is 0.557. The molecule has 0 radical (unpaired) electrons. The molecule has 1 heterocycles. The molecule has 0 spiro atoms. The van der Waals surface area contributed by atoms with Gasteiger partial charge in [0.05, 0.1) is 12.7 Å². The average Bonchev–Trinajstić information content (AvgIpc) is 2.57. The topological polar surface area (TPSA) is 52.5 Å². The third-order valence-corrected chi connectivity index (χ3v) is 3.28. The fraction of sp³-hybridized carbons (Fsp3) is 1.00. The minimum atomic E-state index is -0.598. The minimum absolute atomic E-state index is 0.146. The summed E-state index contributed by atoms with van der Waals surface area (Å²) in [7, 11) is 0. The Morgan fingerprint density at radius 3 is 3.00 bits per heavy atom. The van der Waals surface area contributed by atoms with Crippen LogP contribution in [0.2, 0.25) is 0 Å². The van der Waals surface area contributed by atoms with Crippen molar-refractivity contribution in [2.45, 2.75) is 12.5 Å². The lowest BCUT2D eigenvalue weighted by atomic mass is 10.1. The van der Waals surface area contributed by atoms with Crippen molar-refractivity contribution in [3.8, 4) is 0 Å². The summed E-state index contributed by atoms with van der Waals surface area (Å²) in [5, 5.41) is 20.7. The van der Waals surface area contributed by atoms with Gasteiger partial charge in [-0.3, -0.25) is 0 Å². The van der Waals surface area contributed by atoms with E-state index in [-0.39, 0.29) is 6.61 Å². The highest BCUT2D eigenvalue weighted by Gasteiger charge is 2.14. The Morgan fingerprint density at radius 1 is 1.58 bits per heavy atom. The number of rotatable bonds is 5. The summed E-state index contributed by atoms with van der Waals surface area (Å²) >= 11 is 1.99. The molecule has 1 rings (SSSR count). The van der Waals surface area contributed by atoms with Crippen LogP contribution in [0.15, 0.2) is 0 Å². The van der Waals surface area contributed by atoms with E-state index in [0.717, 1.165) is 12.5 Å². The molecule has 1 saturated heterocycles. The van der Waals surface area contributed by atoms with E-state index in [9.17, 15) is 0 Å². The van der Waals surface area contributed by atoms with Crippen molar-refractivity contribution in [2.75, 3.05) is 31.2 Å². The molecule has 0 bridgehead atoms. The highest BCUT2D eigenvalue weighted by molar-refractivity contribution is 7.99. The van der Waals surface area contributed by atoms with E-state index < -0.39 is 6.10 Å². The van der Waals surface area contributed by atoms with E-state index in [1.54, 1.807) is 0 Å². The zero-order valence-corrected chi connectivity index (χ0v) is 8.02. The van der Waals surface area contributed by atoms with Gasteiger partial charge >= 0.3 is 0 Å². The molecule has 12 heavy (non-hydrogen) atoms. The number of aliphatic hydroxyl groups excluding tert-OH is 2. The second-order valence-corrected chi connectivity index (χ2v) is 4.37. The van der Waals surface area contributed by atoms with Crippen LogP contribution in [0.1, 0.15) is 6.42 Å². The van der Waals surface area contributed by atoms with Crippen LogP contribution in [0.5, 0.6) is 0 Å². The number of nitrogens with one attached hydrogen (secondary N) is 1. The van der Waals surface area contributed by atoms with E-state index >= 15 is 0 Å². The Kier molecular flexibility index (Phi) is 4.99. The lowest BCUT2D eigenvalue weighted by Crippen LogP contribution is -2.32. The van der Waals surface area contributed by atoms with Gasteiger partial charge < -0.3 is 15.5 Å². The molecule has 0 saturated carbocycles. The Balaban J connectivity index is 1.94. The van der Waals surface area contributed by atoms with Gasteiger partial charge in [0.1, 0.15) is 0 Å². The third-order valence-electron chi connectivity index (χ3n) is 2.05. The lowest BCUT2D eigenvalue weighted by molar-refractivity contribution is 0.0938. The van der Waals surface area contributed by atoms with Crippen molar-refractivity contribution in [1.29, 1.82) is 0 Å². The summed E-state index contributed by atoms with van der Waals surface area (Å²) in [6, 6.07) is 0. The molecule has 0 amide bonds. The highest BCUT2D eigenvalue weighted by Crippen LogP contribution is 2.22. The van der Waals surface area contributed by atoms with Gasteiger partial charge in [0, 0.05) is 6.54 Å². The SMILES string of the molecule is OCC(O)CNCC1CCSC1. The van der Waals surface area contributed by atoms with Crippen LogP contribution in [0, 0.1) is 5.92 Å². The summed E-state index contributed by atoms with van der Waals surface area (Å²) in [6.45, 7) is 1.34. The van der Waals surface area contributed by atoms with Crippen LogP contribution in [0.4, 0.5) is 0 Å². The first-order valence-corrected chi connectivity index (χ1v) is 5.55. The second-order valence-electron chi connectivity index (χ2n) is 3.22. The predicted molar refractivity (Wildman–Crippen MR) is 51.4 cm³/mol. The fourth-order valence-electron chi connectivity index (χ4n) is 1.26. The molecule has 0 aromatic rings. The average molecular weight is 191 g/mol. The summed E-state index contributed by atoms with van der Waals surface area (Å²) in [5.74, 6) is 3.28. The molecule has 0 aromatic heterocycles. The molecule has 1 aliphatic rings. The first kappa shape index (κ1) is 10.3. The second kappa shape index (κ2) is 5.80. The van der Waals surface area contributed by atoms with Crippen molar-refractivity contribution < 1.29 is 10.2 Å². The van der Waals surface area contributed by atoms with Gasteiger partial charge in [-0.25, -0.2) is 0 Å². The Labute approximate surface area is 77.5 Å². The number of hydrogen-bond acceptors (Lipinski definition) is 4. The number of aliphatic hydroxyl groups is 2. The summed E-state index contributed by atoms with van der Waals surface area (Å²) in [6.07, 6.45) is 0.687. The summed E-state index contributed by atoms with van der Waals surface area (Å²) < 4.78 is 0. The fourth-order valence-corrected chi connectivity index (χ4v) is 2.55. The zero-order valence-electron chi connectivity index (χ0n) is 7.20. The molecule has 72 valence electrons. The molecule has 3 N–H and O–H groups in total. The Morgan fingerprint density at radius 2 is 2.42 bits per heavy atom. The summed E-state index contributed by atoms with van der Waals surface area (Å²) in [5.41, 5.74) is 0. The van der Waals surface area contributed by atoms with Gasteiger partial charge in [0.15, 0.2) is 0 Å². The minimum Gasteiger partial charge on any atom is -0.394 e. The van der Waals surface area contributed by atoms with Crippen LogP contribution in [0.25, 0.3) is 0 Å². The van der Waals surface area contributed by atoms with Gasteiger partial charge in [-0.2, -0.15) is 11.8 Å². The summed E-state index contributed by atoms with van der Waals surface area (Å²) in [4.78, 5) is 0. The van der Waals surface area contributed by atoms with E-state index in [1.807, 2.05) is 11.8 Å². The smallest absolute Gasteiger partial charge is 0.0894 e. The van der Waals surface area contributed by atoms with E-state index in [0.29, 0.717) is 6.54 Å². The standard InChI is InChI=1S/C8H17NO2S/c10-5-8(11)4-9-3-7-1-2-12-6-7/h7-11H,1-6H2. The zero-order chi connectivity index (χ0) is 8.81. The van der Waals surface area contributed by atoms with Crippen LogP contribution in [0.3, 0.4) is 0 Å². The maximum absolute atomic E-state index is 9.01. The molecule has 1 fully saturated rings. The maximum atomic E-state index is 9.01. The van der Waals surface area contributed by atoms with Gasteiger partial charge in [-0.1, -0.05) is 0 Å². The molecule has 2 unspecified atom stereocenters.